The van der Waals surface area contributed by atoms with Crippen molar-refractivity contribution in [1.29, 1.82) is 0 Å². The first-order valence-electron chi connectivity index (χ1n) is 14.2. The van der Waals surface area contributed by atoms with Gasteiger partial charge in [0.25, 0.3) is 0 Å². The van der Waals surface area contributed by atoms with Gasteiger partial charge >= 0.3 is 0 Å². The fourth-order valence-electron chi connectivity index (χ4n) is 2.88. The van der Waals surface area contributed by atoms with Crippen molar-refractivity contribution in [1.82, 2.24) is 19.9 Å². The number of halogens is 1. The number of hydrogen-bond acceptors (Lipinski definition) is 4. The van der Waals surface area contributed by atoms with Crippen LogP contribution in [0.1, 0.15) is 41.1 Å². The average Bonchev–Trinajstić information content (AvgIpc) is 3.03. The first-order valence-corrected chi connectivity index (χ1v) is 22.1. The van der Waals surface area contributed by atoms with E-state index in [2.05, 4.69) is 116 Å². The lowest BCUT2D eigenvalue weighted by molar-refractivity contribution is 1.28. The van der Waals surface area contributed by atoms with E-state index in [1.165, 1.54) is 0 Å². The summed E-state index contributed by atoms with van der Waals surface area (Å²) in [6, 6.07) is 15.4. The molecule has 4 rings (SSSR count). The van der Waals surface area contributed by atoms with Gasteiger partial charge in [-0.25, -0.2) is 0 Å². The van der Waals surface area contributed by atoms with E-state index < -0.39 is 16.1 Å². The quantitative estimate of drug-likeness (QED) is 0.155. The second-order valence-corrected chi connectivity index (χ2v) is 21.5. The van der Waals surface area contributed by atoms with Gasteiger partial charge in [-0.15, -0.1) is 17.5 Å². The minimum atomic E-state index is -1.34. The number of pyridine rings is 4. The summed E-state index contributed by atoms with van der Waals surface area (Å²) in [6.07, 6.45) is 21.1. The smallest absolute Gasteiger partial charge is 0.129 e. The molecule has 232 valence electrons. The number of terminal acetylenes is 1. The molecular formula is C39H41BrN4Si2. The monoisotopic (exact) mass is 700 g/mol. The van der Waals surface area contributed by atoms with Gasteiger partial charge in [-0.05, 0) is 71.7 Å². The average molecular weight is 702 g/mol. The molecule has 4 heterocycles. The van der Waals surface area contributed by atoms with Crippen molar-refractivity contribution in [3.63, 3.8) is 0 Å². The maximum Gasteiger partial charge on any atom is 0.129 e. The van der Waals surface area contributed by atoms with Crippen molar-refractivity contribution in [2.75, 3.05) is 0 Å². The number of hydrogen-bond donors (Lipinski definition) is 0. The van der Waals surface area contributed by atoms with E-state index in [0.717, 1.165) is 33.6 Å². The minimum Gasteiger partial charge on any atom is -0.263 e. The molecular weight excluding hydrogens is 661 g/mol. The Kier molecular flexibility index (Phi) is 18.0. The molecule has 0 radical (unpaired) electrons. The van der Waals surface area contributed by atoms with Crippen LogP contribution in [0.15, 0.2) is 96.8 Å². The Hall–Kier alpha value is -4.77. The topological polar surface area (TPSA) is 51.6 Å². The molecule has 0 aliphatic rings. The molecule has 0 aliphatic carbocycles. The molecule has 0 unspecified atom stereocenters. The zero-order valence-electron chi connectivity index (χ0n) is 26.6. The molecule has 46 heavy (non-hydrogen) atoms. The third-order valence-electron chi connectivity index (χ3n) is 5.01. The van der Waals surface area contributed by atoms with Crippen LogP contribution >= 0.6 is 15.9 Å². The van der Waals surface area contributed by atoms with Crippen LogP contribution in [0.25, 0.3) is 12.2 Å². The van der Waals surface area contributed by atoms with Crippen LogP contribution < -0.4 is 0 Å². The van der Waals surface area contributed by atoms with Crippen molar-refractivity contribution in [2.24, 2.45) is 0 Å². The molecule has 0 aliphatic heterocycles. The number of rotatable bonds is 2. The van der Waals surface area contributed by atoms with E-state index in [1.54, 1.807) is 42.0 Å². The molecule has 0 atom stereocenters. The summed E-state index contributed by atoms with van der Waals surface area (Å²) in [5, 5.41) is 0. The Morgan fingerprint density at radius 2 is 1.11 bits per heavy atom. The molecule has 0 N–H and O–H groups in total. The molecule has 0 amide bonds. The van der Waals surface area contributed by atoms with E-state index in [0.29, 0.717) is 0 Å². The molecule has 0 saturated heterocycles. The summed E-state index contributed by atoms with van der Waals surface area (Å²) in [7, 11) is -2.62. The zero-order valence-corrected chi connectivity index (χ0v) is 30.2. The Morgan fingerprint density at radius 1 is 0.630 bits per heavy atom. The van der Waals surface area contributed by atoms with Crippen molar-refractivity contribution < 1.29 is 0 Å². The lowest BCUT2D eigenvalue weighted by Gasteiger charge is -2.03. The Bertz CT molecular complexity index is 1760. The normalized spacial score (nSPS) is 10.0. The molecule has 7 heteroatoms. The van der Waals surface area contributed by atoms with Crippen LogP contribution in [0.3, 0.4) is 0 Å². The molecule has 0 saturated carbocycles. The van der Waals surface area contributed by atoms with Gasteiger partial charge in [0.05, 0.1) is 11.4 Å². The summed E-state index contributed by atoms with van der Waals surface area (Å²) in [6.45, 7) is 13.4. The minimum absolute atomic E-state index is 0. The molecule has 4 nitrogen and oxygen atoms in total. The maximum atomic E-state index is 5.06. The van der Waals surface area contributed by atoms with Crippen LogP contribution in [-0.2, 0) is 0 Å². The van der Waals surface area contributed by atoms with Crippen LogP contribution in [0.2, 0.25) is 39.3 Å². The third-order valence-corrected chi connectivity index (χ3v) is 7.03. The third kappa shape index (κ3) is 18.8. The molecule has 4 aromatic rings. The van der Waals surface area contributed by atoms with Gasteiger partial charge in [-0.1, -0.05) is 92.2 Å². The standard InChI is InChI=1S/C19H18N2Si.C12H14BrNSi.C7H5N.CH4/c1-22(2,3)14-12-18-10-11-19(21-16-18)9-5-4-7-17-8-6-13-20-15-17;1-15(2,3)9-7-11-4-5-12(6-8-13)14-10-11;1-2-7-4-3-5-8-6-7;/h5-6,8-11,13,15-16H,1-3H3;4-6,8,10H,1-3H3;1,3-6H;1H4/b9-5+;8-6+;;. The summed E-state index contributed by atoms with van der Waals surface area (Å²) in [5.74, 6) is 14.8. The summed E-state index contributed by atoms with van der Waals surface area (Å²) in [5.41, 5.74) is 12.1. The number of allylic oxidation sites excluding steroid dienone is 1. The van der Waals surface area contributed by atoms with Crippen molar-refractivity contribution in [3.8, 4) is 47.1 Å². The molecule has 0 aromatic carbocycles. The number of nitrogens with zero attached hydrogens (tertiary/aromatic N) is 4. The highest BCUT2D eigenvalue weighted by Gasteiger charge is 2.08. The van der Waals surface area contributed by atoms with E-state index in [-0.39, 0.29) is 7.43 Å². The number of aromatic nitrogens is 4. The van der Waals surface area contributed by atoms with E-state index >= 15 is 0 Å². The van der Waals surface area contributed by atoms with Crippen molar-refractivity contribution in [3.05, 3.63) is 130 Å². The Balaban J connectivity index is 0.000000380. The van der Waals surface area contributed by atoms with Crippen LogP contribution in [0.5, 0.6) is 0 Å². The van der Waals surface area contributed by atoms with E-state index in [9.17, 15) is 0 Å². The molecule has 0 fully saturated rings. The SMILES string of the molecule is C.C#Cc1cccnc1.C[Si](C)(C)C#Cc1ccc(/C=C/Br)nc1.C[Si](C)(C)C#Cc1ccc(/C=C/C#Cc2cccnc2)nc1. The fraction of sp³-hybridized carbons (Fsp3) is 0.179. The summed E-state index contributed by atoms with van der Waals surface area (Å²) >= 11 is 3.22. The predicted octanol–water partition coefficient (Wildman–Crippen LogP) is 9.15. The van der Waals surface area contributed by atoms with Gasteiger partial charge in [-0.3, -0.25) is 19.9 Å². The zero-order chi connectivity index (χ0) is 33.0. The molecule has 0 spiro atoms. The van der Waals surface area contributed by atoms with E-state index in [1.807, 2.05) is 66.9 Å². The van der Waals surface area contributed by atoms with Gasteiger partial charge in [0.1, 0.15) is 16.1 Å². The first kappa shape index (κ1) is 39.3. The first-order chi connectivity index (χ1) is 21.5. The maximum absolute atomic E-state index is 5.06. The fourth-order valence-corrected chi connectivity index (χ4v) is 4.19. The van der Waals surface area contributed by atoms with Gasteiger partial charge in [0.2, 0.25) is 0 Å². The largest absolute Gasteiger partial charge is 0.263 e. The predicted molar refractivity (Wildman–Crippen MR) is 206 cm³/mol. The highest BCUT2D eigenvalue weighted by molar-refractivity contribution is 9.11. The van der Waals surface area contributed by atoms with Gasteiger partial charge < -0.3 is 0 Å². The van der Waals surface area contributed by atoms with Crippen LogP contribution in [-0.4, -0.2) is 36.1 Å². The lowest BCUT2D eigenvalue weighted by Crippen LogP contribution is -2.16. The highest BCUT2D eigenvalue weighted by atomic mass is 79.9. The van der Waals surface area contributed by atoms with Gasteiger partial charge in [0, 0.05) is 59.4 Å². The second kappa shape index (κ2) is 21.1. The summed E-state index contributed by atoms with van der Waals surface area (Å²) in [4.78, 5) is 18.3. The Labute approximate surface area is 287 Å². The van der Waals surface area contributed by atoms with Crippen molar-refractivity contribution >= 4 is 44.2 Å². The van der Waals surface area contributed by atoms with Crippen molar-refractivity contribution in [2.45, 2.75) is 46.7 Å². The van der Waals surface area contributed by atoms with Crippen LogP contribution in [0, 0.1) is 47.1 Å². The van der Waals surface area contributed by atoms with E-state index in [4.69, 9.17) is 6.42 Å². The highest BCUT2D eigenvalue weighted by Crippen LogP contribution is 2.05. The summed E-state index contributed by atoms with van der Waals surface area (Å²) < 4.78 is 0. The lowest BCUT2D eigenvalue weighted by atomic mass is 10.2. The molecule has 0 bridgehead atoms. The van der Waals surface area contributed by atoms with Gasteiger partial charge in [0.15, 0.2) is 0 Å². The van der Waals surface area contributed by atoms with Gasteiger partial charge in [-0.2, -0.15) is 0 Å². The molecule has 4 aromatic heterocycles. The van der Waals surface area contributed by atoms with Crippen LogP contribution in [0.4, 0.5) is 0 Å². The second-order valence-electron chi connectivity index (χ2n) is 11.5. The Morgan fingerprint density at radius 3 is 1.48 bits per heavy atom.